The second-order valence-electron chi connectivity index (χ2n) is 3.69. The fourth-order valence-electron chi connectivity index (χ4n) is 1.68. The Bertz CT molecular complexity index is 360. The monoisotopic (exact) mass is 208 g/mol. The zero-order valence-corrected chi connectivity index (χ0v) is 8.88. The van der Waals surface area contributed by atoms with Gasteiger partial charge in [0, 0.05) is 25.5 Å². The number of nitrogens with zero attached hydrogens (tertiary/aromatic N) is 1. The van der Waals surface area contributed by atoms with Crippen molar-refractivity contribution in [3.8, 4) is 0 Å². The molecule has 0 radical (unpaired) electrons. The van der Waals surface area contributed by atoms with Crippen LogP contribution in [0.4, 0.5) is 0 Å². The highest BCUT2D eigenvalue weighted by Gasteiger charge is 2.10. The van der Waals surface area contributed by atoms with Gasteiger partial charge in [0.05, 0.1) is 5.02 Å². The highest BCUT2D eigenvalue weighted by atomic mass is 35.5. The van der Waals surface area contributed by atoms with E-state index in [1.165, 1.54) is 5.57 Å². The Morgan fingerprint density at radius 2 is 2.36 bits per heavy atom. The third kappa shape index (κ3) is 2.14. The van der Waals surface area contributed by atoms with Gasteiger partial charge in [-0.2, -0.15) is 0 Å². The molecular formula is C11H13ClN2. The molecule has 1 aliphatic heterocycles. The summed E-state index contributed by atoms with van der Waals surface area (Å²) < 4.78 is 0. The van der Waals surface area contributed by atoms with E-state index < -0.39 is 0 Å². The molecule has 0 aliphatic carbocycles. The number of hydrogen-bond donors (Lipinski definition) is 1. The van der Waals surface area contributed by atoms with Crippen molar-refractivity contribution in [2.45, 2.75) is 6.92 Å². The minimum absolute atomic E-state index is 0.581. The van der Waals surface area contributed by atoms with E-state index in [1.807, 2.05) is 12.3 Å². The third-order valence-corrected chi connectivity index (χ3v) is 2.55. The fraction of sp³-hybridized carbons (Fsp3) is 0.364. The number of halogens is 1. The summed E-state index contributed by atoms with van der Waals surface area (Å²) in [5.74, 6) is 0.581. The van der Waals surface area contributed by atoms with E-state index in [0.29, 0.717) is 10.9 Å². The van der Waals surface area contributed by atoms with Gasteiger partial charge >= 0.3 is 0 Å². The number of pyridine rings is 1. The molecular weight excluding hydrogens is 196 g/mol. The predicted molar refractivity (Wildman–Crippen MR) is 59.3 cm³/mol. The largest absolute Gasteiger partial charge is 0.312 e. The van der Waals surface area contributed by atoms with Gasteiger partial charge in [-0.05, 0) is 23.1 Å². The maximum atomic E-state index is 5.89. The molecule has 1 unspecified atom stereocenters. The Morgan fingerprint density at radius 3 is 3.07 bits per heavy atom. The van der Waals surface area contributed by atoms with E-state index in [-0.39, 0.29) is 0 Å². The molecule has 0 saturated carbocycles. The van der Waals surface area contributed by atoms with Crippen LogP contribution in [-0.4, -0.2) is 18.1 Å². The number of aromatic nitrogens is 1. The first-order valence-electron chi connectivity index (χ1n) is 4.78. The van der Waals surface area contributed by atoms with Gasteiger partial charge in [0.15, 0.2) is 0 Å². The standard InChI is InChI=1S/C11H13ClN2/c1-8-2-9(5-13-4-8)10-3-11(12)7-14-6-10/h2-3,6-8,13H,4-5H2,1H3. The Labute approximate surface area is 89.0 Å². The molecule has 3 heteroatoms. The minimum Gasteiger partial charge on any atom is -0.312 e. The van der Waals surface area contributed by atoms with Crippen LogP contribution in [0.25, 0.3) is 5.57 Å². The van der Waals surface area contributed by atoms with Gasteiger partial charge in [-0.3, -0.25) is 4.98 Å². The summed E-state index contributed by atoms with van der Waals surface area (Å²) in [6.07, 6.45) is 5.80. The normalized spacial score (nSPS) is 21.9. The van der Waals surface area contributed by atoms with Crippen LogP contribution in [0.2, 0.25) is 5.02 Å². The summed E-state index contributed by atoms with van der Waals surface area (Å²) in [7, 11) is 0. The predicted octanol–water partition coefficient (Wildman–Crippen LogP) is 2.36. The van der Waals surface area contributed by atoms with Gasteiger partial charge < -0.3 is 5.32 Å². The summed E-state index contributed by atoms with van der Waals surface area (Å²) in [5, 5.41) is 4.06. The third-order valence-electron chi connectivity index (χ3n) is 2.34. The average molecular weight is 209 g/mol. The second-order valence-corrected chi connectivity index (χ2v) is 4.13. The zero-order chi connectivity index (χ0) is 9.97. The molecule has 1 atom stereocenters. The molecule has 1 aliphatic rings. The van der Waals surface area contributed by atoms with E-state index in [2.05, 4.69) is 23.3 Å². The lowest BCUT2D eigenvalue weighted by molar-refractivity contribution is 0.607. The van der Waals surface area contributed by atoms with Crippen molar-refractivity contribution >= 4 is 17.2 Å². The molecule has 0 spiro atoms. The number of nitrogens with one attached hydrogen (secondary N) is 1. The number of rotatable bonds is 1. The number of hydrogen-bond acceptors (Lipinski definition) is 2. The molecule has 0 bridgehead atoms. The Balaban J connectivity index is 2.30. The van der Waals surface area contributed by atoms with Crippen molar-refractivity contribution in [1.29, 1.82) is 0 Å². The van der Waals surface area contributed by atoms with Crippen LogP contribution in [0.15, 0.2) is 24.5 Å². The zero-order valence-electron chi connectivity index (χ0n) is 8.13. The fourth-order valence-corrected chi connectivity index (χ4v) is 1.86. The minimum atomic E-state index is 0.581. The van der Waals surface area contributed by atoms with Crippen molar-refractivity contribution in [3.05, 3.63) is 35.1 Å². The van der Waals surface area contributed by atoms with Crippen LogP contribution in [0, 0.1) is 5.92 Å². The summed E-state index contributed by atoms with van der Waals surface area (Å²) in [4.78, 5) is 4.08. The highest BCUT2D eigenvalue weighted by Crippen LogP contribution is 2.20. The van der Waals surface area contributed by atoms with Crippen LogP contribution in [0.5, 0.6) is 0 Å². The summed E-state index contributed by atoms with van der Waals surface area (Å²) >= 11 is 5.89. The van der Waals surface area contributed by atoms with Crippen LogP contribution in [-0.2, 0) is 0 Å². The van der Waals surface area contributed by atoms with Crippen molar-refractivity contribution in [2.75, 3.05) is 13.1 Å². The van der Waals surface area contributed by atoms with Gasteiger partial charge in [-0.15, -0.1) is 0 Å². The maximum absolute atomic E-state index is 5.89. The van der Waals surface area contributed by atoms with Crippen molar-refractivity contribution in [1.82, 2.24) is 10.3 Å². The molecule has 0 aromatic carbocycles. The van der Waals surface area contributed by atoms with Crippen LogP contribution < -0.4 is 5.32 Å². The van der Waals surface area contributed by atoms with Gasteiger partial charge in [0.25, 0.3) is 0 Å². The highest BCUT2D eigenvalue weighted by molar-refractivity contribution is 6.30. The van der Waals surface area contributed by atoms with E-state index in [9.17, 15) is 0 Å². The van der Waals surface area contributed by atoms with Crippen molar-refractivity contribution in [2.24, 2.45) is 5.92 Å². The first-order chi connectivity index (χ1) is 6.75. The van der Waals surface area contributed by atoms with Gasteiger partial charge in [-0.25, -0.2) is 0 Å². The van der Waals surface area contributed by atoms with Crippen LogP contribution in [0.3, 0.4) is 0 Å². The first-order valence-corrected chi connectivity index (χ1v) is 5.16. The molecule has 2 heterocycles. The van der Waals surface area contributed by atoms with Gasteiger partial charge in [0.1, 0.15) is 0 Å². The molecule has 74 valence electrons. The molecule has 1 N–H and O–H groups in total. The van der Waals surface area contributed by atoms with E-state index in [1.54, 1.807) is 6.20 Å². The lowest BCUT2D eigenvalue weighted by Crippen LogP contribution is -2.27. The molecule has 0 amide bonds. The molecule has 1 aromatic heterocycles. The summed E-state index contributed by atoms with van der Waals surface area (Å²) in [6.45, 7) is 4.16. The van der Waals surface area contributed by atoms with E-state index in [0.717, 1.165) is 18.7 Å². The molecule has 0 fully saturated rings. The molecule has 0 saturated heterocycles. The average Bonchev–Trinajstić information content (AvgIpc) is 2.18. The lowest BCUT2D eigenvalue weighted by Gasteiger charge is -2.19. The maximum Gasteiger partial charge on any atom is 0.0595 e. The van der Waals surface area contributed by atoms with Crippen molar-refractivity contribution in [3.63, 3.8) is 0 Å². The Hall–Kier alpha value is -0.860. The molecule has 2 rings (SSSR count). The smallest absolute Gasteiger partial charge is 0.0595 e. The molecule has 1 aromatic rings. The van der Waals surface area contributed by atoms with E-state index in [4.69, 9.17) is 11.6 Å². The quantitative estimate of drug-likeness (QED) is 0.767. The van der Waals surface area contributed by atoms with Crippen LogP contribution >= 0.6 is 11.6 Å². The topological polar surface area (TPSA) is 24.9 Å². The van der Waals surface area contributed by atoms with E-state index >= 15 is 0 Å². The van der Waals surface area contributed by atoms with Crippen LogP contribution in [0.1, 0.15) is 12.5 Å². The Morgan fingerprint density at radius 1 is 1.50 bits per heavy atom. The van der Waals surface area contributed by atoms with Crippen molar-refractivity contribution < 1.29 is 0 Å². The molecule has 14 heavy (non-hydrogen) atoms. The van der Waals surface area contributed by atoms with Gasteiger partial charge in [-0.1, -0.05) is 24.6 Å². The summed E-state index contributed by atoms with van der Waals surface area (Å²) in [5.41, 5.74) is 2.41. The van der Waals surface area contributed by atoms with Gasteiger partial charge in [0.2, 0.25) is 0 Å². The summed E-state index contributed by atoms with van der Waals surface area (Å²) in [6, 6.07) is 1.96. The molecule has 2 nitrogen and oxygen atoms in total. The Kier molecular flexibility index (Phi) is 2.85. The lowest BCUT2D eigenvalue weighted by atomic mass is 9.99. The first kappa shape index (κ1) is 9.69. The second kappa shape index (κ2) is 4.11. The SMILES string of the molecule is CC1C=C(c2cncc(Cl)c2)CNC1.